The van der Waals surface area contributed by atoms with Gasteiger partial charge in [-0.25, -0.2) is 0 Å². The first-order valence-corrected chi connectivity index (χ1v) is 12.8. The van der Waals surface area contributed by atoms with Crippen LogP contribution >= 0.6 is 23.2 Å². The van der Waals surface area contributed by atoms with E-state index in [2.05, 4.69) is 5.32 Å². The summed E-state index contributed by atoms with van der Waals surface area (Å²) < 4.78 is 11.7. The van der Waals surface area contributed by atoms with Crippen molar-refractivity contribution in [3.63, 3.8) is 0 Å². The Hall–Kier alpha value is -3.09. The predicted octanol–water partition coefficient (Wildman–Crippen LogP) is 6.45. The molecule has 0 radical (unpaired) electrons. The standard InChI is InChI=1S/C28H25Cl2NO5/c1-15-8-10-17(13-18(15)29)31-25(34)14-35-22-11-9-16(12-19(22)30)26-27-20(32)4-2-6-23(27)36-24-7-3-5-21(33)28(24)26/h8-13,26H,2-7,14H2,1H3,(H,31,34). The van der Waals surface area contributed by atoms with Crippen LogP contribution < -0.4 is 10.1 Å². The molecule has 0 spiro atoms. The number of Topliss-reactive ketones (excluding diaryl/α,β-unsaturated/α-hetero) is 2. The van der Waals surface area contributed by atoms with Gasteiger partial charge in [-0.3, -0.25) is 14.4 Å². The highest BCUT2D eigenvalue weighted by Gasteiger charge is 2.41. The Morgan fingerprint density at radius 1 is 0.944 bits per heavy atom. The van der Waals surface area contributed by atoms with Gasteiger partial charge >= 0.3 is 0 Å². The molecule has 0 aromatic heterocycles. The maximum atomic E-state index is 12.9. The first-order valence-electron chi connectivity index (χ1n) is 12.0. The number of halogens is 2. The molecule has 36 heavy (non-hydrogen) atoms. The quantitative estimate of drug-likeness (QED) is 0.485. The van der Waals surface area contributed by atoms with E-state index in [-0.39, 0.29) is 24.1 Å². The van der Waals surface area contributed by atoms with Gasteiger partial charge in [0.15, 0.2) is 18.2 Å². The van der Waals surface area contributed by atoms with Gasteiger partial charge in [0, 0.05) is 53.5 Å². The van der Waals surface area contributed by atoms with Gasteiger partial charge in [0.05, 0.1) is 5.02 Å². The molecule has 3 aliphatic rings. The molecule has 0 fully saturated rings. The van der Waals surface area contributed by atoms with Crippen molar-refractivity contribution in [3.05, 3.63) is 80.2 Å². The Morgan fingerprint density at radius 3 is 2.22 bits per heavy atom. The van der Waals surface area contributed by atoms with Gasteiger partial charge in [0.1, 0.15) is 17.3 Å². The monoisotopic (exact) mass is 525 g/mol. The lowest BCUT2D eigenvalue weighted by Crippen LogP contribution is -2.30. The number of rotatable bonds is 5. The number of hydrogen-bond acceptors (Lipinski definition) is 5. The summed E-state index contributed by atoms with van der Waals surface area (Å²) in [5, 5.41) is 3.59. The molecule has 2 aromatic rings. The SMILES string of the molecule is Cc1ccc(NC(=O)COc2ccc(C3C4=C(CCCC4=O)OC4=C3C(=O)CCC4)cc2Cl)cc1Cl. The van der Waals surface area contributed by atoms with E-state index in [0.29, 0.717) is 69.8 Å². The molecule has 1 aliphatic heterocycles. The molecule has 1 amide bonds. The fourth-order valence-corrected chi connectivity index (χ4v) is 5.40. The smallest absolute Gasteiger partial charge is 0.262 e. The van der Waals surface area contributed by atoms with Crippen molar-refractivity contribution in [2.75, 3.05) is 11.9 Å². The number of nitrogens with one attached hydrogen (secondary N) is 1. The fourth-order valence-electron chi connectivity index (χ4n) is 4.98. The van der Waals surface area contributed by atoms with Crippen LogP contribution in [0.5, 0.6) is 5.75 Å². The summed E-state index contributed by atoms with van der Waals surface area (Å²) in [4.78, 5) is 38.2. The summed E-state index contributed by atoms with van der Waals surface area (Å²) in [5.41, 5.74) is 3.35. The number of allylic oxidation sites excluding steroid dienone is 4. The van der Waals surface area contributed by atoms with E-state index in [1.165, 1.54) is 0 Å². The number of anilines is 1. The fraction of sp³-hybridized carbons (Fsp3) is 0.321. The average molecular weight is 526 g/mol. The van der Waals surface area contributed by atoms with Crippen LogP contribution in [0.15, 0.2) is 59.1 Å². The molecule has 1 heterocycles. The Bertz CT molecular complexity index is 1300. The van der Waals surface area contributed by atoms with Crippen LogP contribution in [0.25, 0.3) is 0 Å². The molecular weight excluding hydrogens is 501 g/mol. The van der Waals surface area contributed by atoms with Crippen molar-refractivity contribution < 1.29 is 23.9 Å². The average Bonchev–Trinajstić information content (AvgIpc) is 2.85. The second kappa shape index (κ2) is 10.1. The van der Waals surface area contributed by atoms with E-state index in [1.807, 2.05) is 13.0 Å². The van der Waals surface area contributed by atoms with Crippen molar-refractivity contribution >= 4 is 46.4 Å². The van der Waals surface area contributed by atoms with Gasteiger partial charge in [-0.15, -0.1) is 0 Å². The van der Waals surface area contributed by atoms with Gasteiger partial charge in [-0.1, -0.05) is 35.3 Å². The number of carbonyl (C=O) groups is 3. The first-order chi connectivity index (χ1) is 17.3. The molecule has 1 N–H and O–H groups in total. The molecule has 6 nitrogen and oxygen atoms in total. The van der Waals surface area contributed by atoms with Crippen molar-refractivity contribution in [2.45, 2.75) is 51.4 Å². The molecule has 0 saturated heterocycles. The number of ketones is 2. The van der Waals surface area contributed by atoms with Gasteiger partial charge in [-0.2, -0.15) is 0 Å². The highest BCUT2D eigenvalue weighted by molar-refractivity contribution is 6.32. The second-order valence-electron chi connectivity index (χ2n) is 9.25. The Morgan fingerprint density at radius 2 is 1.61 bits per heavy atom. The topological polar surface area (TPSA) is 81.7 Å². The molecule has 0 atom stereocenters. The van der Waals surface area contributed by atoms with Crippen LogP contribution in [0.3, 0.4) is 0 Å². The summed E-state index contributed by atoms with van der Waals surface area (Å²) in [6, 6.07) is 10.4. The Labute approximate surface area is 219 Å². The maximum Gasteiger partial charge on any atom is 0.262 e. The molecule has 2 aromatic carbocycles. The second-order valence-corrected chi connectivity index (χ2v) is 10.1. The number of ether oxygens (including phenoxy) is 2. The number of hydrogen-bond donors (Lipinski definition) is 1. The van der Waals surface area contributed by atoms with Crippen LogP contribution in [0.1, 0.15) is 55.6 Å². The lowest BCUT2D eigenvalue weighted by Gasteiger charge is -2.36. The van der Waals surface area contributed by atoms with Crippen LogP contribution in [-0.4, -0.2) is 24.1 Å². The highest BCUT2D eigenvalue weighted by atomic mass is 35.5. The van der Waals surface area contributed by atoms with Crippen molar-refractivity contribution in [1.82, 2.24) is 0 Å². The first kappa shape index (κ1) is 24.6. The Kier molecular flexibility index (Phi) is 6.91. The summed E-state index contributed by atoms with van der Waals surface area (Å²) in [5.74, 6) is 0.849. The molecule has 8 heteroatoms. The minimum atomic E-state index is -0.495. The largest absolute Gasteiger partial charge is 0.482 e. The number of carbonyl (C=O) groups excluding carboxylic acids is 3. The highest BCUT2D eigenvalue weighted by Crippen LogP contribution is 2.48. The van der Waals surface area contributed by atoms with E-state index < -0.39 is 5.92 Å². The number of aryl methyl sites for hydroxylation is 1. The van der Waals surface area contributed by atoms with Gasteiger partial charge in [-0.05, 0) is 55.2 Å². The van der Waals surface area contributed by atoms with E-state index in [1.54, 1.807) is 30.3 Å². The molecular formula is C28H25Cl2NO5. The lowest BCUT2D eigenvalue weighted by atomic mass is 9.73. The summed E-state index contributed by atoms with van der Waals surface area (Å²) in [6.07, 6.45) is 3.71. The lowest BCUT2D eigenvalue weighted by molar-refractivity contribution is -0.119. The number of benzene rings is 2. The predicted molar refractivity (Wildman–Crippen MR) is 137 cm³/mol. The van der Waals surface area contributed by atoms with Crippen LogP contribution in [-0.2, 0) is 19.1 Å². The van der Waals surface area contributed by atoms with Crippen LogP contribution in [0.2, 0.25) is 10.0 Å². The van der Waals surface area contributed by atoms with Crippen LogP contribution in [0.4, 0.5) is 5.69 Å². The summed E-state index contributed by atoms with van der Waals surface area (Å²) >= 11 is 12.7. The zero-order valence-corrected chi connectivity index (χ0v) is 21.3. The Balaban J connectivity index is 1.37. The van der Waals surface area contributed by atoms with Crippen molar-refractivity contribution in [3.8, 4) is 5.75 Å². The third-order valence-corrected chi connectivity index (χ3v) is 7.45. The molecule has 0 unspecified atom stereocenters. The van der Waals surface area contributed by atoms with E-state index in [9.17, 15) is 14.4 Å². The maximum absolute atomic E-state index is 12.9. The third-order valence-electron chi connectivity index (χ3n) is 6.74. The zero-order chi connectivity index (χ0) is 25.4. The van der Waals surface area contributed by atoms with Crippen molar-refractivity contribution in [2.24, 2.45) is 0 Å². The molecule has 2 aliphatic carbocycles. The molecule has 5 rings (SSSR count). The van der Waals surface area contributed by atoms with Crippen molar-refractivity contribution in [1.29, 1.82) is 0 Å². The molecule has 0 saturated carbocycles. The summed E-state index contributed by atoms with van der Waals surface area (Å²) in [6.45, 7) is 1.63. The zero-order valence-electron chi connectivity index (χ0n) is 19.8. The molecule has 0 bridgehead atoms. The molecule has 186 valence electrons. The minimum Gasteiger partial charge on any atom is -0.482 e. The van der Waals surface area contributed by atoms with Gasteiger partial charge in [0.2, 0.25) is 0 Å². The van der Waals surface area contributed by atoms with Crippen LogP contribution in [0, 0.1) is 6.92 Å². The van der Waals surface area contributed by atoms with E-state index >= 15 is 0 Å². The minimum absolute atomic E-state index is 0.00972. The van der Waals surface area contributed by atoms with E-state index in [4.69, 9.17) is 32.7 Å². The number of amides is 1. The van der Waals surface area contributed by atoms with Gasteiger partial charge in [0.25, 0.3) is 5.91 Å². The summed E-state index contributed by atoms with van der Waals surface area (Å²) in [7, 11) is 0. The third kappa shape index (κ3) is 4.80. The van der Waals surface area contributed by atoms with E-state index in [0.717, 1.165) is 24.0 Å². The van der Waals surface area contributed by atoms with Gasteiger partial charge < -0.3 is 14.8 Å². The normalized spacial score (nSPS) is 18.0.